The molecule has 0 aliphatic heterocycles. The Morgan fingerprint density at radius 2 is 1.77 bits per heavy atom. The van der Waals surface area contributed by atoms with Crippen LogP contribution in [-0.4, -0.2) is 57.1 Å². The van der Waals surface area contributed by atoms with Gasteiger partial charge in [-0.05, 0) is 63.5 Å². The molecule has 10 heteroatoms. The van der Waals surface area contributed by atoms with E-state index in [0.29, 0.717) is 28.4 Å². The lowest BCUT2D eigenvalue weighted by Crippen LogP contribution is -2.33. The van der Waals surface area contributed by atoms with Gasteiger partial charge in [0.15, 0.2) is 15.0 Å². The lowest BCUT2D eigenvalue weighted by atomic mass is 10.2. The summed E-state index contributed by atoms with van der Waals surface area (Å²) in [4.78, 5) is 21.4. The van der Waals surface area contributed by atoms with Crippen LogP contribution in [0.4, 0.5) is 9.52 Å². The fourth-order valence-electron chi connectivity index (χ4n) is 2.98. The van der Waals surface area contributed by atoms with Crippen LogP contribution in [0.2, 0.25) is 0 Å². The molecular weight excluding hydrogens is 461 g/mol. The maximum Gasteiger partial charge on any atom is 0.260 e. The van der Waals surface area contributed by atoms with E-state index in [1.165, 1.54) is 46.6 Å². The predicted molar refractivity (Wildman–Crippen MR) is 126 cm³/mol. The number of hydrogen-bond donors (Lipinski definition) is 0. The number of aromatic nitrogens is 1. The van der Waals surface area contributed by atoms with E-state index in [9.17, 15) is 17.6 Å². The third kappa shape index (κ3) is 5.79. The third-order valence-corrected chi connectivity index (χ3v) is 7.46. The third-order valence-electron chi connectivity index (χ3n) is 4.66. The molecule has 0 saturated carbocycles. The molecule has 1 amide bonds. The number of para-hydroxylation sites is 1. The molecule has 6 nitrogen and oxygen atoms in total. The number of anilines is 1. The predicted octanol–water partition coefficient (Wildman–Crippen LogP) is 4.25. The summed E-state index contributed by atoms with van der Waals surface area (Å²) in [6, 6.07) is 10.6. The first-order valence-corrected chi connectivity index (χ1v) is 12.0. The molecule has 0 aliphatic rings. The Hall–Kier alpha value is -2.07. The SMILES string of the molecule is CCS(=O)(=O)c1ccc(C(=O)N(CCCN(C)C)c2nc3c(F)cccc3s2)cc1.Cl. The summed E-state index contributed by atoms with van der Waals surface area (Å²) in [5.41, 5.74) is 0.599. The molecule has 168 valence electrons. The number of rotatable bonds is 8. The van der Waals surface area contributed by atoms with Gasteiger partial charge in [0.2, 0.25) is 0 Å². The molecule has 0 spiro atoms. The molecule has 3 rings (SSSR count). The Morgan fingerprint density at radius 3 is 2.35 bits per heavy atom. The van der Waals surface area contributed by atoms with E-state index >= 15 is 0 Å². The highest BCUT2D eigenvalue weighted by Gasteiger charge is 2.22. The molecule has 0 atom stereocenters. The van der Waals surface area contributed by atoms with Crippen LogP contribution < -0.4 is 4.90 Å². The fraction of sp³-hybridized carbons (Fsp3) is 0.333. The van der Waals surface area contributed by atoms with Gasteiger partial charge >= 0.3 is 0 Å². The zero-order valence-electron chi connectivity index (χ0n) is 17.5. The second kappa shape index (κ2) is 10.5. The monoisotopic (exact) mass is 485 g/mol. The quantitative estimate of drug-likeness (QED) is 0.477. The van der Waals surface area contributed by atoms with Crippen molar-refractivity contribution in [1.29, 1.82) is 0 Å². The van der Waals surface area contributed by atoms with E-state index in [1.54, 1.807) is 19.1 Å². The first-order chi connectivity index (χ1) is 14.2. The van der Waals surface area contributed by atoms with Crippen LogP contribution in [0.1, 0.15) is 23.7 Å². The zero-order chi connectivity index (χ0) is 21.9. The van der Waals surface area contributed by atoms with E-state index in [0.717, 1.165) is 6.54 Å². The van der Waals surface area contributed by atoms with Crippen LogP contribution in [0.5, 0.6) is 0 Å². The average Bonchev–Trinajstić information content (AvgIpc) is 3.16. The number of halogens is 2. The number of hydrogen-bond acceptors (Lipinski definition) is 6. The molecule has 0 unspecified atom stereocenters. The molecule has 0 radical (unpaired) electrons. The second-order valence-electron chi connectivity index (χ2n) is 7.12. The fourth-order valence-corrected chi connectivity index (χ4v) is 4.86. The number of amides is 1. The minimum absolute atomic E-state index is 0. The standard InChI is InChI=1S/C21H24FN3O3S2.ClH/c1-4-30(27,28)16-11-9-15(10-12-16)20(26)25(14-6-13-24(2)3)21-23-19-17(22)7-5-8-18(19)29-21;/h5,7-12H,4,6,13-14H2,1-3H3;1H. The molecule has 31 heavy (non-hydrogen) atoms. The highest BCUT2D eigenvalue weighted by atomic mass is 35.5. The summed E-state index contributed by atoms with van der Waals surface area (Å²) in [5, 5.41) is 0.420. The van der Waals surface area contributed by atoms with Gasteiger partial charge in [-0.1, -0.05) is 24.3 Å². The molecule has 1 heterocycles. The van der Waals surface area contributed by atoms with Crippen molar-refractivity contribution in [1.82, 2.24) is 9.88 Å². The number of thiazole rings is 1. The molecule has 0 aliphatic carbocycles. The van der Waals surface area contributed by atoms with E-state index in [-0.39, 0.29) is 34.5 Å². The van der Waals surface area contributed by atoms with E-state index in [1.807, 2.05) is 19.0 Å². The van der Waals surface area contributed by atoms with Crippen LogP contribution in [0.3, 0.4) is 0 Å². The maximum atomic E-state index is 14.1. The molecule has 3 aromatic rings. The van der Waals surface area contributed by atoms with Crippen molar-refractivity contribution in [3.05, 3.63) is 53.8 Å². The van der Waals surface area contributed by atoms with Crippen molar-refractivity contribution >= 4 is 54.8 Å². The Bertz CT molecular complexity index is 1150. The van der Waals surface area contributed by atoms with Crippen molar-refractivity contribution in [3.63, 3.8) is 0 Å². The minimum atomic E-state index is -3.34. The van der Waals surface area contributed by atoms with Crippen LogP contribution in [0, 0.1) is 5.82 Å². The molecule has 0 N–H and O–H groups in total. The number of sulfone groups is 1. The lowest BCUT2D eigenvalue weighted by molar-refractivity contribution is 0.0986. The summed E-state index contributed by atoms with van der Waals surface area (Å²) in [7, 11) is 0.560. The second-order valence-corrected chi connectivity index (χ2v) is 10.4. The summed E-state index contributed by atoms with van der Waals surface area (Å²) in [5.74, 6) is -0.729. The van der Waals surface area contributed by atoms with Gasteiger partial charge in [-0.15, -0.1) is 12.4 Å². The normalized spacial score (nSPS) is 11.5. The Kier molecular flexibility index (Phi) is 8.53. The first-order valence-electron chi connectivity index (χ1n) is 9.57. The summed E-state index contributed by atoms with van der Waals surface area (Å²) in [6.45, 7) is 2.76. The van der Waals surface area contributed by atoms with Gasteiger partial charge in [-0.3, -0.25) is 9.69 Å². The van der Waals surface area contributed by atoms with Gasteiger partial charge < -0.3 is 4.90 Å². The Balaban J connectivity index is 0.00000341. The Morgan fingerprint density at radius 1 is 1.10 bits per heavy atom. The van der Waals surface area contributed by atoms with E-state index < -0.39 is 15.7 Å². The van der Waals surface area contributed by atoms with Crippen LogP contribution >= 0.6 is 23.7 Å². The number of nitrogens with zero attached hydrogens (tertiary/aromatic N) is 3. The van der Waals surface area contributed by atoms with Crippen molar-refractivity contribution < 1.29 is 17.6 Å². The maximum absolute atomic E-state index is 14.1. The van der Waals surface area contributed by atoms with Crippen LogP contribution in [-0.2, 0) is 9.84 Å². The molecule has 0 fully saturated rings. The average molecular weight is 486 g/mol. The topological polar surface area (TPSA) is 70.6 Å². The Labute approximate surface area is 192 Å². The summed E-state index contributed by atoms with van der Waals surface area (Å²) < 4.78 is 38.8. The van der Waals surface area contributed by atoms with Crippen LogP contribution in [0.15, 0.2) is 47.4 Å². The first kappa shape index (κ1) is 25.2. The lowest BCUT2D eigenvalue weighted by Gasteiger charge is -2.21. The minimum Gasteiger partial charge on any atom is -0.309 e. The number of fused-ring (bicyclic) bond motifs is 1. The molecule has 1 aromatic heterocycles. The molecule has 2 aromatic carbocycles. The van der Waals surface area contributed by atoms with Crippen molar-refractivity contribution in [2.45, 2.75) is 18.2 Å². The number of benzene rings is 2. The molecular formula is C21H25ClFN3O3S2. The smallest absolute Gasteiger partial charge is 0.260 e. The van der Waals surface area contributed by atoms with Crippen molar-refractivity contribution in [2.75, 3.05) is 37.8 Å². The van der Waals surface area contributed by atoms with Gasteiger partial charge in [0, 0.05) is 12.1 Å². The van der Waals surface area contributed by atoms with E-state index in [2.05, 4.69) is 4.98 Å². The largest absolute Gasteiger partial charge is 0.309 e. The van der Waals surface area contributed by atoms with Gasteiger partial charge in [-0.25, -0.2) is 17.8 Å². The van der Waals surface area contributed by atoms with Crippen molar-refractivity contribution in [3.8, 4) is 0 Å². The molecule has 0 saturated heterocycles. The zero-order valence-corrected chi connectivity index (χ0v) is 20.0. The number of carbonyl (C=O) groups excluding carboxylic acids is 1. The van der Waals surface area contributed by atoms with Gasteiger partial charge in [-0.2, -0.15) is 0 Å². The van der Waals surface area contributed by atoms with Crippen molar-refractivity contribution in [2.24, 2.45) is 0 Å². The van der Waals surface area contributed by atoms with Gasteiger partial charge in [0.1, 0.15) is 11.3 Å². The van der Waals surface area contributed by atoms with E-state index in [4.69, 9.17) is 0 Å². The highest BCUT2D eigenvalue weighted by molar-refractivity contribution is 7.91. The van der Waals surface area contributed by atoms with Crippen LogP contribution in [0.25, 0.3) is 10.2 Å². The number of carbonyl (C=O) groups is 1. The summed E-state index contributed by atoms with van der Waals surface area (Å²) in [6.07, 6.45) is 0.708. The molecule has 0 bridgehead atoms. The van der Waals surface area contributed by atoms with Gasteiger partial charge in [0.05, 0.1) is 15.3 Å². The summed E-state index contributed by atoms with van der Waals surface area (Å²) >= 11 is 1.26. The highest BCUT2D eigenvalue weighted by Crippen LogP contribution is 2.31. The van der Waals surface area contributed by atoms with Gasteiger partial charge in [0.25, 0.3) is 5.91 Å².